The quantitative estimate of drug-likeness (QED) is 0.737. The summed E-state index contributed by atoms with van der Waals surface area (Å²) in [6, 6.07) is 16.2. The van der Waals surface area contributed by atoms with E-state index in [2.05, 4.69) is 36.0 Å². The Bertz CT molecular complexity index is 896. The van der Waals surface area contributed by atoms with Crippen LogP contribution in [0.4, 0.5) is 5.69 Å². The number of nitrogens with one attached hydrogen (secondary N) is 1. The fourth-order valence-electron chi connectivity index (χ4n) is 3.27. The second-order valence-corrected chi connectivity index (χ2v) is 6.69. The number of fused-ring (bicyclic) bond motifs is 1. The lowest BCUT2D eigenvalue weighted by molar-refractivity contribution is 0.0949. The Morgan fingerprint density at radius 1 is 1.15 bits per heavy atom. The number of hydrogen-bond acceptors (Lipinski definition) is 3. The predicted molar refractivity (Wildman–Crippen MR) is 106 cm³/mol. The van der Waals surface area contributed by atoms with Crippen LogP contribution in [0.5, 0.6) is 0 Å². The molecule has 5 heteroatoms. The second kappa shape index (κ2) is 7.60. The summed E-state index contributed by atoms with van der Waals surface area (Å²) in [5.41, 5.74) is 3.80. The number of aryl methyl sites for hydroxylation is 1. The summed E-state index contributed by atoms with van der Waals surface area (Å²) in [6.45, 7) is 7.81. The van der Waals surface area contributed by atoms with Gasteiger partial charge in [0.05, 0.1) is 17.6 Å². The summed E-state index contributed by atoms with van der Waals surface area (Å²) < 4.78 is 2.01. The zero-order chi connectivity index (χ0) is 18.7. The topological polar surface area (TPSA) is 50.2 Å². The van der Waals surface area contributed by atoms with Crippen molar-refractivity contribution < 1.29 is 4.79 Å². The van der Waals surface area contributed by atoms with Crippen molar-refractivity contribution in [2.24, 2.45) is 7.05 Å². The van der Waals surface area contributed by atoms with Crippen molar-refractivity contribution in [1.29, 1.82) is 0 Å². The summed E-state index contributed by atoms with van der Waals surface area (Å²) in [5.74, 6) is 0.754. The van der Waals surface area contributed by atoms with Crippen LogP contribution in [0.15, 0.2) is 48.5 Å². The van der Waals surface area contributed by atoms with Crippen molar-refractivity contribution in [2.75, 3.05) is 11.4 Å². The molecule has 0 spiro atoms. The van der Waals surface area contributed by atoms with E-state index in [1.807, 2.05) is 60.1 Å². The van der Waals surface area contributed by atoms with Crippen molar-refractivity contribution in [3.8, 4) is 0 Å². The number of imidazole rings is 1. The van der Waals surface area contributed by atoms with E-state index in [9.17, 15) is 4.79 Å². The van der Waals surface area contributed by atoms with Crippen LogP contribution in [-0.2, 0) is 13.6 Å². The van der Waals surface area contributed by atoms with Gasteiger partial charge in [0, 0.05) is 30.9 Å². The molecule has 0 radical (unpaired) electrons. The fourth-order valence-corrected chi connectivity index (χ4v) is 3.27. The van der Waals surface area contributed by atoms with Gasteiger partial charge in [0.2, 0.25) is 0 Å². The van der Waals surface area contributed by atoms with Crippen molar-refractivity contribution in [3.63, 3.8) is 0 Å². The van der Waals surface area contributed by atoms with Crippen LogP contribution in [0.25, 0.3) is 11.0 Å². The van der Waals surface area contributed by atoms with E-state index in [-0.39, 0.29) is 5.91 Å². The summed E-state index contributed by atoms with van der Waals surface area (Å²) in [4.78, 5) is 19.3. The molecule has 5 nitrogen and oxygen atoms in total. The van der Waals surface area contributed by atoms with Gasteiger partial charge in [0.1, 0.15) is 5.82 Å². The van der Waals surface area contributed by atoms with Crippen molar-refractivity contribution in [1.82, 2.24) is 14.9 Å². The van der Waals surface area contributed by atoms with Crippen molar-refractivity contribution in [3.05, 3.63) is 59.9 Å². The monoisotopic (exact) mass is 350 g/mol. The number of anilines is 1. The largest absolute Gasteiger partial charge is 0.369 e. The molecule has 0 aliphatic heterocycles. The SMILES string of the molecule is CCN(c1ccc(C(=O)NCc2nc3ccccc3n2C)cc1)C(C)C. The van der Waals surface area contributed by atoms with Crippen LogP contribution < -0.4 is 10.2 Å². The maximum atomic E-state index is 12.5. The van der Waals surface area contributed by atoms with Gasteiger partial charge in [-0.05, 0) is 57.2 Å². The zero-order valence-electron chi connectivity index (χ0n) is 15.9. The standard InChI is InChI=1S/C21H26N4O/c1-5-25(15(2)3)17-12-10-16(11-13-17)21(26)22-14-20-23-18-8-6-7-9-19(18)24(20)4/h6-13,15H,5,14H2,1-4H3,(H,22,26). The Morgan fingerprint density at radius 2 is 1.85 bits per heavy atom. The minimum Gasteiger partial charge on any atom is -0.369 e. The molecule has 1 amide bonds. The highest BCUT2D eigenvalue weighted by Gasteiger charge is 2.12. The molecule has 3 aromatic rings. The van der Waals surface area contributed by atoms with E-state index >= 15 is 0 Å². The van der Waals surface area contributed by atoms with E-state index in [1.54, 1.807) is 0 Å². The number of carbonyl (C=O) groups is 1. The van der Waals surface area contributed by atoms with Gasteiger partial charge in [0.15, 0.2) is 0 Å². The molecule has 1 N–H and O–H groups in total. The van der Waals surface area contributed by atoms with Crippen LogP contribution in [0, 0.1) is 0 Å². The summed E-state index contributed by atoms with van der Waals surface area (Å²) in [7, 11) is 1.97. The number of aromatic nitrogens is 2. The molecule has 0 saturated carbocycles. The molecule has 1 aromatic heterocycles. The van der Waals surface area contributed by atoms with E-state index in [0.717, 1.165) is 29.1 Å². The number of benzene rings is 2. The van der Waals surface area contributed by atoms with Crippen LogP contribution in [-0.4, -0.2) is 28.0 Å². The third-order valence-electron chi connectivity index (χ3n) is 4.71. The molecule has 1 heterocycles. The highest BCUT2D eigenvalue weighted by molar-refractivity contribution is 5.94. The molecule has 26 heavy (non-hydrogen) atoms. The van der Waals surface area contributed by atoms with Gasteiger partial charge in [-0.3, -0.25) is 4.79 Å². The van der Waals surface area contributed by atoms with E-state index < -0.39 is 0 Å². The molecule has 0 saturated heterocycles. The molecule has 0 aliphatic carbocycles. The molecule has 136 valence electrons. The predicted octanol–water partition coefficient (Wildman–Crippen LogP) is 3.74. The lowest BCUT2D eigenvalue weighted by Crippen LogP contribution is -2.30. The molecule has 0 unspecified atom stereocenters. The summed E-state index contributed by atoms with van der Waals surface area (Å²) in [5, 5.41) is 2.97. The van der Waals surface area contributed by atoms with Crippen molar-refractivity contribution >= 4 is 22.6 Å². The number of amides is 1. The lowest BCUT2D eigenvalue weighted by Gasteiger charge is -2.27. The van der Waals surface area contributed by atoms with Crippen LogP contribution in [0.3, 0.4) is 0 Å². The first kappa shape index (κ1) is 18.0. The highest BCUT2D eigenvalue weighted by atomic mass is 16.1. The number of carbonyl (C=O) groups excluding carboxylic acids is 1. The maximum absolute atomic E-state index is 12.5. The molecule has 0 aliphatic rings. The van der Waals surface area contributed by atoms with Gasteiger partial charge in [-0.2, -0.15) is 0 Å². The molecule has 0 atom stereocenters. The molecule has 2 aromatic carbocycles. The average Bonchev–Trinajstić information content (AvgIpc) is 2.97. The van der Waals surface area contributed by atoms with Gasteiger partial charge < -0.3 is 14.8 Å². The Kier molecular flexibility index (Phi) is 5.26. The van der Waals surface area contributed by atoms with E-state index in [1.165, 1.54) is 0 Å². The van der Waals surface area contributed by atoms with E-state index in [4.69, 9.17) is 0 Å². The van der Waals surface area contributed by atoms with Crippen LogP contribution >= 0.6 is 0 Å². The first-order valence-electron chi connectivity index (χ1n) is 9.06. The van der Waals surface area contributed by atoms with Gasteiger partial charge in [-0.25, -0.2) is 4.98 Å². The third-order valence-corrected chi connectivity index (χ3v) is 4.71. The molecule has 0 bridgehead atoms. The number of para-hydroxylation sites is 2. The van der Waals surface area contributed by atoms with Crippen LogP contribution in [0.1, 0.15) is 37.0 Å². The molecule has 3 rings (SSSR count). The molecular formula is C21H26N4O. The average molecular weight is 350 g/mol. The van der Waals surface area contributed by atoms with Gasteiger partial charge in [-0.1, -0.05) is 12.1 Å². The van der Waals surface area contributed by atoms with Gasteiger partial charge in [-0.15, -0.1) is 0 Å². The second-order valence-electron chi connectivity index (χ2n) is 6.69. The van der Waals surface area contributed by atoms with E-state index in [0.29, 0.717) is 18.2 Å². The Hall–Kier alpha value is -2.82. The first-order valence-corrected chi connectivity index (χ1v) is 9.06. The normalized spacial score (nSPS) is 11.1. The number of rotatable bonds is 6. The first-order chi connectivity index (χ1) is 12.5. The smallest absolute Gasteiger partial charge is 0.251 e. The van der Waals surface area contributed by atoms with Crippen LogP contribution in [0.2, 0.25) is 0 Å². The fraction of sp³-hybridized carbons (Fsp3) is 0.333. The Labute approximate surface area is 154 Å². The minimum absolute atomic E-state index is 0.0869. The Balaban J connectivity index is 1.69. The Morgan fingerprint density at radius 3 is 2.46 bits per heavy atom. The summed E-state index contributed by atoms with van der Waals surface area (Å²) in [6.07, 6.45) is 0. The lowest BCUT2D eigenvalue weighted by atomic mass is 10.1. The van der Waals surface area contributed by atoms with Gasteiger partial charge in [0.25, 0.3) is 5.91 Å². The number of nitrogens with zero attached hydrogens (tertiary/aromatic N) is 3. The highest BCUT2D eigenvalue weighted by Crippen LogP contribution is 2.18. The third kappa shape index (κ3) is 3.57. The van der Waals surface area contributed by atoms with Crippen molar-refractivity contribution in [2.45, 2.75) is 33.4 Å². The summed E-state index contributed by atoms with van der Waals surface area (Å²) >= 11 is 0. The molecule has 0 fully saturated rings. The maximum Gasteiger partial charge on any atom is 0.251 e. The number of hydrogen-bond donors (Lipinski definition) is 1. The minimum atomic E-state index is -0.0869. The zero-order valence-corrected chi connectivity index (χ0v) is 15.9. The molecular weight excluding hydrogens is 324 g/mol. The van der Waals surface area contributed by atoms with Gasteiger partial charge >= 0.3 is 0 Å².